The predicted molar refractivity (Wildman–Crippen MR) is 174 cm³/mol. The van der Waals surface area contributed by atoms with Crippen LogP contribution < -0.4 is 10.7 Å². The smallest absolute Gasteiger partial charge is 0.265 e. The second kappa shape index (κ2) is 17.8. The number of carbonyl (C=O) groups is 3. The molecule has 10 heteroatoms. The number of nitrogens with zero attached hydrogens (tertiary/aromatic N) is 2. The third-order valence-corrected chi connectivity index (χ3v) is 7.24. The van der Waals surface area contributed by atoms with Crippen LogP contribution in [0.25, 0.3) is 0 Å². The van der Waals surface area contributed by atoms with Crippen molar-refractivity contribution in [1.82, 2.24) is 20.7 Å². The molecule has 3 rings (SSSR count). The highest BCUT2D eigenvalue weighted by atomic mass is 19.1. The second-order valence-corrected chi connectivity index (χ2v) is 11.1. The molecule has 244 valence electrons. The van der Waals surface area contributed by atoms with E-state index in [-0.39, 0.29) is 41.5 Å². The van der Waals surface area contributed by atoms with Crippen molar-refractivity contribution >= 4 is 17.7 Å². The van der Waals surface area contributed by atoms with E-state index < -0.39 is 29.7 Å². The van der Waals surface area contributed by atoms with Gasteiger partial charge < -0.3 is 15.3 Å². The van der Waals surface area contributed by atoms with Crippen LogP contribution in [0.3, 0.4) is 0 Å². The van der Waals surface area contributed by atoms with Gasteiger partial charge in [-0.2, -0.15) is 0 Å². The van der Waals surface area contributed by atoms with Crippen molar-refractivity contribution in [3.05, 3.63) is 106 Å². The summed E-state index contributed by atoms with van der Waals surface area (Å²) in [6, 6.07) is 15.0. The van der Waals surface area contributed by atoms with E-state index in [4.69, 9.17) is 6.42 Å². The highest BCUT2D eigenvalue weighted by Gasteiger charge is 2.27. The molecule has 0 saturated heterocycles. The van der Waals surface area contributed by atoms with E-state index in [9.17, 15) is 28.3 Å². The van der Waals surface area contributed by atoms with Crippen LogP contribution in [0.4, 0.5) is 8.78 Å². The lowest BCUT2D eigenvalue weighted by Crippen LogP contribution is -2.53. The Kier molecular flexibility index (Phi) is 13.9. The number of hydrogen-bond donors (Lipinski definition) is 3. The van der Waals surface area contributed by atoms with Crippen LogP contribution in [0.15, 0.2) is 66.7 Å². The number of hydrazine groups is 1. The SMILES string of the molecule is C#Cc1cc(C(=O)NC(Cc2cc(F)cc(F)c2)C(O)CN(CCC)NC(=O)c2ccccc2)cc(C(=O)N(CCC)CCC)c1. The largest absolute Gasteiger partial charge is 0.390 e. The Morgan fingerprint density at radius 1 is 0.826 bits per heavy atom. The van der Waals surface area contributed by atoms with Crippen LogP contribution in [-0.4, -0.2) is 71.1 Å². The van der Waals surface area contributed by atoms with Gasteiger partial charge in [0, 0.05) is 54.5 Å². The minimum absolute atomic E-state index is 0.0946. The van der Waals surface area contributed by atoms with Gasteiger partial charge in [0.05, 0.1) is 12.1 Å². The molecule has 3 N–H and O–H groups in total. The number of terminal acetylenes is 1. The molecule has 3 aromatic rings. The van der Waals surface area contributed by atoms with Gasteiger partial charge in [-0.3, -0.25) is 19.8 Å². The van der Waals surface area contributed by atoms with Gasteiger partial charge in [-0.1, -0.05) is 44.9 Å². The fraction of sp³-hybridized carbons (Fsp3) is 0.361. The number of carbonyl (C=O) groups excluding carboxylic acids is 3. The Labute approximate surface area is 269 Å². The summed E-state index contributed by atoms with van der Waals surface area (Å²) in [6.07, 6.45) is 6.40. The molecule has 0 radical (unpaired) electrons. The molecule has 3 amide bonds. The third-order valence-electron chi connectivity index (χ3n) is 7.24. The van der Waals surface area contributed by atoms with Crippen molar-refractivity contribution in [2.45, 2.75) is 58.6 Å². The van der Waals surface area contributed by atoms with Gasteiger partial charge in [-0.05, 0) is 73.7 Å². The summed E-state index contributed by atoms with van der Waals surface area (Å²) in [6.45, 7) is 7.21. The highest BCUT2D eigenvalue weighted by Crippen LogP contribution is 2.17. The van der Waals surface area contributed by atoms with Gasteiger partial charge in [0.2, 0.25) is 0 Å². The number of hydrogen-bond acceptors (Lipinski definition) is 5. The molecule has 0 bridgehead atoms. The van der Waals surface area contributed by atoms with Gasteiger partial charge in [-0.25, -0.2) is 13.8 Å². The van der Waals surface area contributed by atoms with Crippen molar-refractivity contribution in [1.29, 1.82) is 0 Å². The lowest BCUT2D eigenvalue weighted by Gasteiger charge is -2.30. The van der Waals surface area contributed by atoms with Crippen molar-refractivity contribution in [3.8, 4) is 12.3 Å². The normalized spacial score (nSPS) is 12.2. The first-order chi connectivity index (χ1) is 22.1. The zero-order chi connectivity index (χ0) is 33.6. The lowest BCUT2D eigenvalue weighted by molar-refractivity contribution is 0.0451. The molecule has 8 nitrogen and oxygen atoms in total. The van der Waals surface area contributed by atoms with Crippen LogP contribution in [0.2, 0.25) is 0 Å². The third kappa shape index (κ3) is 10.5. The summed E-state index contributed by atoms with van der Waals surface area (Å²) >= 11 is 0. The molecule has 0 aromatic heterocycles. The van der Waals surface area contributed by atoms with E-state index in [0.717, 1.165) is 31.0 Å². The quantitative estimate of drug-likeness (QED) is 0.153. The Morgan fingerprint density at radius 2 is 1.43 bits per heavy atom. The number of benzene rings is 3. The van der Waals surface area contributed by atoms with Gasteiger partial charge in [0.1, 0.15) is 11.6 Å². The number of nitrogens with one attached hydrogen (secondary N) is 2. The molecule has 0 saturated carbocycles. The average molecular weight is 633 g/mol. The fourth-order valence-electron chi connectivity index (χ4n) is 5.13. The van der Waals surface area contributed by atoms with Gasteiger partial charge >= 0.3 is 0 Å². The molecule has 46 heavy (non-hydrogen) atoms. The molecule has 2 unspecified atom stereocenters. The Bertz CT molecular complexity index is 1500. The van der Waals surface area contributed by atoms with Crippen LogP contribution in [-0.2, 0) is 6.42 Å². The van der Waals surface area contributed by atoms with E-state index in [0.29, 0.717) is 37.2 Å². The Morgan fingerprint density at radius 3 is 2.02 bits per heavy atom. The summed E-state index contributed by atoms with van der Waals surface area (Å²) in [5, 5.41) is 15.8. The molecule has 0 spiro atoms. The first-order valence-electron chi connectivity index (χ1n) is 15.5. The zero-order valence-electron chi connectivity index (χ0n) is 26.6. The average Bonchev–Trinajstić information content (AvgIpc) is 3.03. The minimum atomic E-state index is -1.29. The monoisotopic (exact) mass is 632 g/mol. The van der Waals surface area contributed by atoms with Gasteiger partial charge in [0.25, 0.3) is 17.7 Å². The summed E-state index contributed by atoms with van der Waals surface area (Å²) in [7, 11) is 0. The molecule has 3 aromatic carbocycles. The predicted octanol–water partition coefficient (Wildman–Crippen LogP) is 4.97. The summed E-state index contributed by atoms with van der Waals surface area (Å²) in [5.41, 5.74) is 4.10. The molecule has 0 heterocycles. The maximum Gasteiger partial charge on any atom is 0.265 e. The van der Waals surface area contributed by atoms with Crippen LogP contribution >= 0.6 is 0 Å². The number of aliphatic hydroxyl groups excluding tert-OH is 1. The van der Waals surface area contributed by atoms with Crippen molar-refractivity contribution in [2.24, 2.45) is 0 Å². The standard InChI is InChI=1S/C36H42F2N4O4/c1-5-14-41(15-6-2)36(46)29-18-25(8-4)17-28(22-29)34(44)39-32(21-26-19-30(37)23-31(38)20-26)33(43)24-42(16-7-3)40-35(45)27-12-10-9-11-13-27/h4,9-13,17-20,22-23,32-33,43H,5-7,14-16,21,24H2,1-3H3,(H,39,44)(H,40,45). The number of aliphatic hydroxyl groups is 1. The first kappa shape index (κ1) is 35.9. The summed E-state index contributed by atoms with van der Waals surface area (Å²) in [5.74, 6) is -0.384. The van der Waals surface area contributed by atoms with E-state index in [1.165, 1.54) is 17.1 Å². The number of rotatable bonds is 16. The molecule has 2 atom stereocenters. The fourth-order valence-corrected chi connectivity index (χ4v) is 5.13. The van der Waals surface area contributed by atoms with E-state index in [1.54, 1.807) is 41.3 Å². The molecule has 0 aliphatic heterocycles. The summed E-state index contributed by atoms with van der Waals surface area (Å²) < 4.78 is 28.2. The van der Waals surface area contributed by atoms with E-state index >= 15 is 0 Å². The molecule has 0 aliphatic rings. The zero-order valence-corrected chi connectivity index (χ0v) is 26.6. The highest BCUT2D eigenvalue weighted by molar-refractivity contribution is 6.00. The van der Waals surface area contributed by atoms with E-state index in [2.05, 4.69) is 16.7 Å². The van der Waals surface area contributed by atoms with Crippen LogP contribution in [0.5, 0.6) is 0 Å². The summed E-state index contributed by atoms with van der Waals surface area (Å²) in [4.78, 5) is 41.6. The van der Waals surface area contributed by atoms with E-state index in [1.807, 2.05) is 20.8 Å². The maximum absolute atomic E-state index is 14.1. The maximum atomic E-state index is 14.1. The molecular formula is C36H42F2N4O4. The van der Waals surface area contributed by atoms with Crippen molar-refractivity contribution in [3.63, 3.8) is 0 Å². The van der Waals surface area contributed by atoms with Gasteiger partial charge in [0.15, 0.2) is 0 Å². The second-order valence-electron chi connectivity index (χ2n) is 11.1. The van der Waals surface area contributed by atoms with Gasteiger partial charge in [-0.15, -0.1) is 6.42 Å². The number of halogens is 2. The first-order valence-corrected chi connectivity index (χ1v) is 15.5. The van der Waals surface area contributed by atoms with Crippen LogP contribution in [0.1, 0.15) is 82.2 Å². The topological polar surface area (TPSA) is 102 Å². The van der Waals surface area contributed by atoms with Crippen molar-refractivity contribution < 1.29 is 28.3 Å². The number of amides is 3. The Hall–Kier alpha value is -4.59. The molecule has 0 fully saturated rings. The lowest BCUT2D eigenvalue weighted by atomic mass is 9.99. The van der Waals surface area contributed by atoms with Crippen LogP contribution in [0, 0.1) is 24.0 Å². The minimum Gasteiger partial charge on any atom is -0.390 e. The molecular weight excluding hydrogens is 590 g/mol. The Balaban J connectivity index is 1.91. The van der Waals surface area contributed by atoms with Crippen molar-refractivity contribution in [2.75, 3.05) is 26.2 Å². The molecule has 0 aliphatic carbocycles.